The highest BCUT2D eigenvalue weighted by Crippen LogP contribution is 2.42. The maximum absolute atomic E-state index is 4.55. The molecular formula is C20H30N6. The number of pyridine rings is 1. The summed E-state index contributed by atoms with van der Waals surface area (Å²) in [7, 11) is 1.82. The summed E-state index contributed by atoms with van der Waals surface area (Å²) >= 11 is 0. The lowest BCUT2D eigenvalue weighted by Crippen LogP contribution is -2.46. The average Bonchev–Trinajstić information content (AvgIpc) is 2.95. The van der Waals surface area contributed by atoms with E-state index >= 15 is 0 Å². The van der Waals surface area contributed by atoms with Gasteiger partial charge in [-0.1, -0.05) is 19.4 Å². The van der Waals surface area contributed by atoms with E-state index in [1.165, 1.54) is 25.7 Å². The standard InChI is InChI=1S/C20H30N6/c1-5-20(9-6-10-20)14-24-19(21-4)23-13-17-7-8-18(22-12-17)26-16(3)11-15(2)25-26/h7-8,11-12H,5-6,9-10,13-14H2,1-4H3,(H2,21,23,24). The Morgan fingerprint density at radius 3 is 2.58 bits per heavy atom. The molecule has 6 heteroatoms. The number of hydrogen-bond donors (Lipinski definition) is 2. The van der Waals surface area contributed by atoms with Crippen LogP contribution in [-0.4, -0.2) is 34.3 Å². The van der Waals surface area contributed by atoms with Gasteiger partial charge in [-0.05, 0) is 56.2 Å². The minimum atomic E-state index is 0.473. The predicted octanol–water partition coefficient (Wildman–Crippen LogP) is 3.13. The molecule has 1 aliphatic carbocycles. The van der Waals surface area contributed by atoms with Crippen molar-refractivity contribution < 1.29 is 0 Å². The second-order valence-corrected chi connectivity index (χ2v) is 7.35. The molecular weight excluding hydrogens is 324 g/mol. The van der Waals surface area contributed by atoms with Gasteiger partial charge in [-0.3, -0.25) is 4.99 Å². The van der Waals surface area contributed by atoms with Crippen LogP contribution >= 0.6 is 0 Å². The van der Waals surface area contributed by atoms with Crippen molar-refractivity contribution in [1.29, 1.82) is 0 Å². The van der Waals surface area contributed by atoms with Gasteiger partial charge in [-0.25, -0.2) is 9.67 Å². The molecule has 1 aliphatic rings. The van der Waals surface area contributed by atoms with Gasteiger partial charge < -0.3 is 10.6 Å². The van der Waals surface area contributed by atoms with Crippen molar-refractivity contribution in [3.05, 3.63) is 41.3 Å². The molecule has 0 unspecified atom stereocenters. The summed E-state index contributed by atoms with van der Waals surface area (Å²) in [6.45, 7) is 8.01. The highest BCUT2D eigenvalue weighted by Gasteiger charge is 2.34. The summed E-state index contributed by atoms with van der Waals surface area (Å²) in [5.74, 6) is 1.70. The first-order valence-electron chi connectivity index (χ1n) is 9.48. The molecule has 2 N–H and O–H groups in total. The lowest BCUT2D eigenvalue weighted by atomic mass is 9.67. The van der Waals surface area contributed by atoms with Crippen LogP contribution in [0.25, 0.3) is 5.82 Å². The molecule has 26 heavy (non-hydrogen) atoms. The number of nitrogens with one attached hydrogen (secondary N) is 2. The molecule has 0 radical (unpaired) electrons. The number of aromatic nitrogens is 3. The molecule has 0 aliphatic heterocycles. The first kappa shape index (κ1) is 18.4. The maximum Gasteiger partial charge on any atom is 0.191 e. The molecule has 6 nitrogen and oxygen atoms in total. The number of aryl methyl sites for hydroxylation is 2. The summed E-state index contributed by atoms with van der Waals surface area (Å²) in [5, 5.41) is 11.3. The van der Waals surface area contributed by atoms with Gasteiger partial charge in [0.2, 0.25) is 0 Å². The molecule has 0 atom stereocenters. The zero-order valence-corrected chi connectivity index (χ0v) is 16.3. The van der Waals surface area contributed by atoms with Crippen molar-refractivity contribution in [2.75, 3.05) is 13.6 Å². The van der Waals surface area contributed by atoms with Crippen molar-refractivity contribution in [2.45, 2.75) is 53.0 Å². The first-order chi connectivity index (χ1) is 12.5. The molecule has 1 saturated carbocycles. The summed E-state index contributed by atoms with van der Waals surface area (Å²) in [6.07, 6.45) is 7.13. The lowest BCUT2D eigenvalue weighted by Gasteiger charge is -2.41. The Hall–Kier alpha value is -2.37. The van der Waals surface area contributed by atoms with Crippen molar-refractivity contribution in [3.8, 4) is 5.82 Å². The van der Waals surface area contributed by atoms with Crippen LogP contribution in [0.1, 0.15) is 49.6 Å². The topological polar surface area (TPSA) is 67.1 Å². The van der Waals surface area contributed by atoms with Gasteiger partial charge in [0.05, 0.1) is 5.69 Å². The third kappa shape index (κ3) is 4.06. The van der Waals surface area contributed by atoms with Crippen LogP contribution in [0.5, 0.6) is 0 Å². The van der Waals surface area contributed by atoms with Crippen LogP contribution in [0, 0.1) is 19.3 Å². The van der Waals surface area contributed by atoms with Crippen LogP contribution in [0.4, 0.5) is 0 Å². The molecule has 0 spiro atoms. The van der Waals surface area contributed by atoms with E-state index in [-0.39, 0.29) is 0 Å². The average molecular weight is 355 g/mol. The van der Waals surface area contributed by atoms with E-state index in [4.69, 9.17) is 0 Å². The second-order valence-electron chi connectivity index (χ2n) is 7.35. The first-order valence-corrected chi connectivity index (χ1v) is 9.48. The Balaban J connectivity index is 1.54. The molecule has 1 fully saturated rings. The SMILES string of the molecule is CCC1(CNC(=NC)NCc2ccc(-n3nc(C)cc3C)nc2)CCC1. The fourth-order valence-corrected chi connectivity index (χ4v) is 3.52. The van der Waals surface area contributed by atoms with Gasteiger partial charge in [-0.2, -0.15) is 5.10 Å². The van der Waals surface area contributed by atoms with Gasteiger partial charge in [-0.15, -0.1) is 0 Å². The van der Waals surface area contributed by atoms with E-state index in [2.05, 4.69) is 44.8 Å². The molecule has 3 rings (SSSR count). The molecule has 0 amide bonds. The largest absolute Gasteiger partial charge is 0.356 e. The van der Waals surface area contributed by atoms with Gasteiger partial charge in [0.25, 0.3) is 0 Å². The zero-order valence-electron chi connectivity index (χ0n) is 16.3. The zero-order chi connectivity index (χ0) is 18.6. The highest BCUT2D eigenvalue weighted by molar-refractivity contribution is 5.79. The van der Waals surface area contributed by atoms with Crippen molar-refractivity contribution in [1.82, 2.24) is 25.4 Å². The Kier molecular flexibility index (Phi) is 5.59. The Morgan fingerprint density at radius 1 is 1.27 bits per heavy atom. The van der Waals surface area contributed by atoms with Gasteiger partial charge >= 0.3 is 0 Å². The smallest absolute Gasteiger partial charge is 0.191 e. The van der Waals surface area contributed by atoms with Crippen molar-refractivity contribution in [2.24, 2.45) is 10.4 Å². The minimum absolute atomic E-state index is 0.473. The third-order valence-electron chi connectivity index (χ3n) is 5.51. The molecule has 2 aromatic rings. The van der Waals surface area contributed by atoms with E-state index in [1.54, 1.807) is 0 Å². The Bertz CT molecular complexity index is 750. The van der Waals surface area contributed by atoms with E-state index < -0.39 is 0 Å². The summed E-state index contributed by atoms with van der Waals surface area (Å²) in [4.78, 5) is 8.89. The number of aliphatic imine (C=N–C) groups is 1. The summed E-state index contributed by atoms with van der Waals surface area (Å²) in [6, 6.07) is 6.14. The second kappa shape index (κ2) is 7.89. The summed E-state index contributed by atoms with van der Waals surface area (Å²) < 4.78 is 1.87. The third-order valence-corrected chi connectivity index (χ3v) is 5.51. The molecule has 0 saturated heterocycles. The van der Waals surface area contributed by atoms with E-state index in [1.807, 2.05) is 37.8 Å². The molecule has 0 bridgehead atoms. The number of rotatable bonds is 6. The number of hydrogen-bond acceptors (Lipinski definition) is 3. The quantitative estimate of drug-likeness (QED) is 0.618. The molecule has 0 aromatic carbocycles. The molecule has 2 heterocycles. The maximum atomic E-state index is 4.55. The minimum Gasteiger partial charge on any atom is -0.356 e. The van der Waals surface area contributed by atoms with Gasteiger partial charge in [0.15, 0.2) is 11.8 Å². The fourth-order valence-electron chi connectivity index (χ4n) is 3.52. The normalized spacial score (nSPS) is 16.2. The van der Waals surface area contributed by atoms with Crippen molar-refractivity contribution in [3.63, 3.8) is 0 Å². The lowest BCUT2D eigenvalue weighted by molar-refractivity contribution is 0.131. The van der Waals surface area contributed by atoms with Crippen LogP contribution in [0.2, 0.25) is 0 Å². The Labute approximate surface area is 156 Å². The van der Waals surface area contributed by atoms with Crippen molar-refractivity contribution >= 4 is 5.96 Å². The van der Waals surface area contributed by atoms with E-state index in [0.717, 1.165) is 35.3 Å². The van der Waals surface area contributed by atoms with Crippen LogP contribution in [0.15, 0.2) is 29.4 Å². The predicted molar refractivity (Wildman–Crippen MR) is 106 cm³/mol. The molecule has 140 valence electrons. The Morgan fingerprint density at radius 2 is 2.08 bits per heavy atom. The van der Waals surface area contributed by atoms with Crippen LogP contribution in [0.3, 0.4) is 0 Å². The highest BCUT2D eigenvalue weighted by atomic mass is 15.3. The number of nitrogens with zero attached hydrogens (tertiary/aromatic N) is 4. The fraction of sp³-hybridized carbons (Fsp3) is 0.550. The van der Waals surface area contributed by atoms with E-state index in [0.29, 0.717) is 12.0 Å². The number of guanidine groups is 1. The van der Waals surface area contributed by atoms with Crippen LogP contribution in [-0.2, 0) is 6.54 Å². The monoisotopic (exact) mass is 354 g/mol. The summed E-state index contributed by atoms with van der Waals surface area (Å²) in [5.41, 5.74) is 3.68. The van der Waals surface area contributed by atoms with Gasteiger partial charge in [0.1, 0.15) is 0 Å². The van der Waals surface area contributed by atoms with E-state index in [9.17, 15) is 0 Å². The van der Waals surface area contributed by atoms with Crippen LogP contribution < -0.4 is 10.6 Å². The van der Waals surface area contributed by atoms with Gasteiger partial charge in [0, 0.05) is 32.0 Å². The molecule has 2 aromatic heterocycles.